The maximum atomic E-state index is 13.7. The molecule has 1 saturated carbocycles. The van der Waals surface area contributed by atoms with Crippen molar-refractivity contribution in [2.45, 2.75) is 71.4 Å². The molecule has 0 unspecified atom stereocenters. The molecule has 2 aromatic rings. The quantitative estimate of drug-likeness (QED) is 0.590. The molecule has 32 heavy (non-hydrogen) atoms. The van der Waals surface area contributed by atoms with Crippen molar-refractivity contribution in [1.29, 1.82) is 0 Å². The summed E-state index contributed by atoms with van der Waals surface area (Å²) in [5, 5.41) is 0. The smallest absolute Gasteiger partial charge is 0.352 e. The number of carbonyl (C=O) groups excluding carboxylic acids is 2. The molecule has 1 fully saturated rings. The highest BCUT2D eigenvalue weighted by Crippen LogP contribution is 2.43. The number of carbonyl (C=O) groups is 2. The molecule has 1 aliphatic carbocycles. The van der Waals surface area contributed by atoms with Gasteiger partial charge in [-0.25, -0.2) is 14.8 Å². The zero-order valence-electron chi connectivity index (χ0n) is 19.2. The Bertz CT molecular complexity index is 961. The predicted molar refractivity (Wildman–Crippen MR) is 123 cm³/mol. The minimum atomic E-state index is -0.686. The molecule has 172 valence electrons. The van der Waals surface area contributed by atoms with Crippen LogP contribution in [0.15, 0.2) is 24.8 Å². The molecule has 7 nitrogen and oxygen atoms in total. The number of esters is 1. The van der Waals surface area contributed by atoms with E-state index in [1.807, 2.05) is 6.07 Å². The molecule has 3 heterocycles. The number of thiophene rings is 1. The molecule has 2 aromatic heterocycles. The van der Waals surface area contributed by atoms with Gasteiger partial charge in [-0.15, -0.1) is 11.3 Å². The zero-order valence-corrected chi connectivity index (χ0v) is 20.0. The van der Waals surface area contributed by atoms with Crippen molar-refractivity contribution in [3.8, 4) is 5.75 Å². The minimum absolute atomic E-state index is 0.0419. The van der Waals surface area contributed by atoms with Crippen LogP contribution in [0.25, 0.3) is 0 Å². The molecule has 8 heteroatoms. The summed E-state index contributed by atoms with van der Waals surface area (Å²) in [7, 11) is 0. The summed E-state index contributed by atoms with van der Waals surface area (Å²) in [6.07, 6.45) is 8.14. The zero-order chi connectivity index (χ0) is 22.9. The Hall–Kier alpha value is -2.48. The van der Waals surface area contributed by atoms with Crippen LogP contribution in [0.4, 0.5) is 5.69 Å². The van der Waals surface area contributed by atoms with E-state index in [-0.39, 0.29) is 29.8 Å². The van der Waals surface area contributed by atoms with E-state index in [2.05, 4.69) is 37.7 Å². The highest BCUT2D eigenvalue weighted by atomic mass is 32.1. The summed E-state index contributed by atoms with van der Waals surface area (Å²) in [6, 6.07) is 2.00. The lowest BCUT2D eigenvalue weighted by Gasteiger charge is -2.38. The lowest BCUT2D eigenvalue weighted by molar-refractivity contribution is -0.126. The molecule has 0 aromatic carbocycles. The molecule has 0 radical (unpaired) electrons. The van der Waals surface area contributed by atoms with Crippen LogP contribution in [0.3, 0.4) is 0 Å². The van der Waals surface area contributed by atoms with Crippen molar-refractivity contribution in [2.75, 3.05) is 11.5 Å². The molecule has 1 atom stereocenters. The SMILES string of the molecule is CC1CCC(C(=O)N2c3cc(C(C)(C)C)sc3C(=O)O[C@H]2CCOc2cncnc2)CC1. The normalized spacial score (nSPS) is 23.4. The summed E-state index contributed by atoms with van der Waals surface area (Å²) >= 11 is 1.43. The number of aromatic nitrogens is 2. The first kappa shape index (κ1) is 22.7. The second kappa shape index (κ2) is 9.17. The molecule has 1 aliphatic heterocycles. The van der Waals surface area contributed by atoms with Crippen LogP contribution < -0.4 is 9.64 Å². The lowest BCUT2D eigenvalue weighted by Crippen LogP contribution is -2.50. The van der Waals surface area contributed by atoms with E-state index in [1.54, 1.807) is 17.3 Å². The molecule has 4 rings (SSSR count). The monoisotopic (exact) mass is 457 g/mol. The van der Waals surface area contributed by atoms with Gasteiger partial charge in [0, 0.05) is 17.2 Å². The highest BCUT2D eigenvalue weighted by Gasteiger charge is 2.42. The Morgan fingerprint density at radius 3 is 2.56 bits per heavy atom. The molecule has 1 amide bonds. The van der Waals surface area contributed by atoms with Gasteiger partial charge >= 0.3 is 5.97 Å². The van der Waals surface area contributed by atoms with Gasteiger partial charge < -0.3 is 9.47 Å². The number of nitrogens with zero attached hydrogens (tertiary/aromatic N) is 3. The summed E-state index contributed by atoms with van der Waals surface area (Å²) in [6.45, 7) is 8.85. The largest absolute Gasteiger partial charge is 0.490 e. The van der Waals surface area contributed by atoms with Crippen LogP contribution in [-0.2, 0) is 14.9 Å². The van der Waals surface area contributed by atoms with Crippen LogP contribution >= 0.6 is 11.3 Å². The second-order valence-corrected chi connectivity index (χ2v) is 10.9. The summed E-state index contributed by atoms with van der Waals surface area (Å²) < 4.78 is 11.5. The third-order valence-corrected chi connectivity index (χ3v) is 7.73. The van der Waals surface area contributed by atoms with Crippen molar-refractivity contribution in [2.24, 2.45) is 11.8 Å². The van der Waals surface area contributed by atoms with E-state index in [0.29, 0.717) is 28.7 Å². The van der Waals surface area contributed by atoms with Gasteiger partial charge in [-0.3, -0.25) is 9.69 Å². The Labute approximate surface area is 193 Å². The van der Waals surface area contributed by atoms with Gasteiger partial charge in [-0.2, -0.15) is 0 Å². The van der Waals surface area contributed by atoms with Crippen LogP contribution in [-0.4, -0.2) is 34.7 Å². The Morgan fingerprint density at radius 1 is 1.22 bits per heavy atom. The lowest BCUT2D eigenvalue weighted by atomic mass is 9.82. The van der Waals surface area contributed by atoms with Crippen molar-refractivity contribution in [1.82, 2.24) is 9.97 Å². The van der Waals surface area contributed by atoms with E-state index in [4.69, 9.17) is 9.47 Å². The second-order valence-electron chi connectivity index (χ2n) is 9.81. The van der Waals surface area contributed by atoms with Crippen molar-refractivity contribution in [3.05, 3.63) is 34.5 Å². The summed E-state index contributed by atoms with van der Waals surface area (Å²) in [5.41, 5.74) is 0.566. The number of hydrogen-bond acceptors (Lipinski definition) is 7. The molecule has 0 N–H and O–H groups in total. The van der Waals surface area contributed by atoms with Crippen LogP contribution in [0.2, 0.25) is 0 Å². The van der Waals surface area contributed by atoms with E-state index in [0.717, 1.165) is 30.6 Å². The van der Waals surface area contributed by atoms with Gasteiger partial charge in [-0.05, 0) is 43.1 Å². The third-order valence-electron chi connectivity index (χ3n) is 6.20. The summed E-state index contributed by atoms with van der Waals surface area (Å²) in [4.78, 5) is 37.8. The number of ether oxygens (including phenoxy) is 2. The molecule has 2 aliphatic rings. The first-order chi connectivity index (χ1) is 15.2. The van der Waals surface area contributed by atoms with Gasteiger partial charge in [0.15, 0.2) is 12.0 Å². The third kappa shape index (κ3) is 4.80. The van der Waals surface area contributed by atoms with Crippen LogP contribution in [0, 0.1) is 11.8 Å². The van der Waals surface area contributed by atoms with E-state index < -0.39 is 6.23 Å². The van der Waals surface area contributed by atoms with Gasteiger partial charge in [0.05, 0.1) is 24.7 Å². The van der Waals surface area contributed by atoms with Crippen molar-refractivity contribution in [3.63, 3.8) is 0 Å². The topological polar surface area (TPSA) is 81.6 Å². The van der Waals surface area contributed by atoms with Crippen molar-refractivity contribution < 1.29 is 19.1 Å². The standard InChI is InChI=1S/C24H31N3O4S/c1-15-5-7-16(8-6-15)22(28)27-18-11-19(24(2,3)4)32-21(18)23(29)31-20(27)9-10-30-17-12-25-14-26-13-17/h11-16,20H,5-10H2,1-4H3/t15?,16?,20-/m0/s1. The molecule has 0 bridgehead atoms. The number of rotatable bonds is 5. The maximum Gasteiger partial charge on any atom is 0.352 e. The van der Waals surface area contributed by atoms with Gasteiger partial charge in [0.2, 0.25) is 5.91 Å². The van der Waals surface area contributed by atoms with E-state index in [9.17, 15) is 9.59 Å². The van der Waals surface area contributed by atoms with Gasteiger partial charge in [0.1, 0.15) is 11.2 Å². The molecule has 0 saturated heterocycles. The molecular weight excluding hydrogens is 426 g/mol. The van der Waals surface area contributed by atoms with Crippen molar-refractivity contribution >= 4 is 28.9 Å². The number of anilines is 1. The molecular formula is C24H31N3O4S. The van der Waals surface area contributed by atoms with E-state index in [1.165, 1.54) is 17.7 Å². The average molecular weight is 458 g/mol. The Morgan fingerprint density at radius 2 is 1.91 bits per heavy atom. The van der Waals surface area contributed by atoms with Crippen LogP contribution in [0.1, 0.15) is 74.3 Å². The van der Waals surface area contributed by atoms with Gasteiger partial charge in [-0.1, -0.05) is 27.7 Å². The fourth-order valence-corrected chi connectivity index (χ4v) is 5.34. The fourth-order valence-electron chi connectivity index (χ4n) is 4.25. The first-order valence-corrected chi connectivity index (χ1v) is 12.1. The number of fused-ring (bicyclic) bond motifs is 1. The predicted octanol–water partition coefficient (Wildman–Crippen LogP) is 4.96. The first-order valence-electron chi connectivity index (χ1n) is 11.3. The summed E-state index contributed by atoms with van der Waals surface area (Å²) in [5.74, 6) is 0.839. The Balaban J connectivity index is 1.60. The van der Waals surface area contributed by atoms with Crippen LogP contribution in [0.5, 0.6) is 5.75 Å². The average Bonchev–Trinajstić information content (AvgIpc) is 3.21. The van der Waals surface area contributed by atoms with Gasteiger partial charge in [0.25, 0.3) is 0 Å². The minimum Gasteiger partial charge on any atom is -0.490 e. The maximum absolute atomic E-state index is 13.7. The Kier molecular flexibility index (Phi) is 6.51. The molecule has 0 spiro atoms. The fraction of sp³-hybridized carbons (Fsp3) is 0.583. The number of cyclic esters (lactones) is 1. The number of hydrogen-bond donors (Lipinski definition) is 0. The number of amides is 1. The van der Waals surface area contributed by atoms with E-state index >= 15 is 0 Å². The highest BCUT2D eigenvalue weighted by molar-refractivity contribution is 7.14.